The van der Waals surface area contributed by atoms with E-state index in [4.69, 9.17) is 16.6 Å². The summed E-state index contributed by atoms with van der Waals surface area (Å²) in [6, 6.07) is -1.37. The summed E-state index contributed by atoms with van der Waals surface area (Å²) >= 11 is 2.44. The van der Waals surface area contributed by atoms with Crippen LogP contribution < -0.4 is 16.8 Å². The van der Waals surface area contributed by atoms with E-state index in [9.17, 15) is 14.4 Å². The average Bonchev–Trinajstić information content (AvgIpc) is 2.87. The standard InChI is InChI=1S/C29H56IN3O4/c30-23-16-12-8-4-3-7-11-15-22-28(35)33-24-17-13-9-5-1-2-6-10-14-21-27(34)25(31)19-18-20-26(32)29(36)37/h25-26H,1-24,31-32H2,(H,33,35)(H,36,37)/t25?,26-/m0/s1. The Morgan fingerprint density at radius 2 is 1.03 bits per heavy atom. The van der Waals surface area contributed by atoms with Crippen molar-refractivity contribution in [3.05, 3.63) is 0 Å². The molecule has 0 heterocycles. The van der Waals surface area contributed by atoms with E-state index in [1.165, 1.54) is 81.5 Å². The van der Waals surface area contributed by atoms with E-state index < -0.39 is 18.1 Å². The molecule has 1 amide bonds. The van der Waals surface area contributed by atoms with Gasteiger partial charge in [0.1, 0.15) is 11.8 Å². The summed E-state index contributed by atoms with van der Waals surface area (Å²) < 4.78 is 1.27. The van der Waals surface area contributed by atoms with Gasteiger partial charge in [-0.05, 0) is 49.4 Å². The second-order valence-electron chi connectivity index (χ2n) is 10.5. The maximum atomic E-state index is 12.1. The first-order chi connectivity index (χ1) is 17.9. The minimum Gasteiger partial charge on any atom is -0.480 e. The van der Waals surface area contributed by atoms with Gasteiger partial charge in [-0.3, -0.25) is 14.4 Å². The van der Waals surface area contributed by atoms with Gasteiger partial charge in [0.2, 0.25) is 5.91 Å². The molecule has 0 aliphatic heterocycles. The van der Waals surface area contributed by atoms with Crippen molar-refractivity contribution in [2.45, 2.75) is 153 Å². The lowest BCUT2D eigenvalue weighted by Gasteiger charge is -2.11. The molecule has 0 fully saturated rings. The molecule has 6 N–H and O–H groups in total. The first kappa shape index (κ1) is 36.3. The second kappa shape index (κ2) is 26.9. The van der Waals surface area contributed by atoms with Gasteiger partial charge in [0.25, 0.3) is 0 Å². The highest BCUT2D eigenvalue weighted by molar-refractivity contribution is 14.1. The Hall–Kier alpha value is -0.740. The normalized spacial score (nSPS) is 12.8. The highest BCUT2D eigenvalue weighted by Crippen LogP contribution is 2.13. The third kappa shape index (κ3) is 25.3. The van der Waals surface area contributed by atoms with E-state index >= 15 is 0 Å². The zero-order chi connectivity index (χ0) is 27.6. The number of alkyl halides is 1. The van der Waals surface area contributed by atoms with Gasteiger partial charge in [0.05, 0.1) is 6.04 Å². The van der Waals surface area contributed by atoms with Crippen LogP contribution in [0.5, 0.6) is 0 Å². The lowest BCUT2D eigenvalue weighted by atomic mass is 9.99. The van der Waals surface area contributed by atoms with E-state index in [1.54, 1.807) is 0 Å². The van der Waals surface area contributed by atoms with E-state index in [1.807, 2.05) is 0 Å². The molecule has 0 bridgehead atoms. The number of carbonyl (C=O) groups is 3. The Bertz CT molecular complexity index is 577. The fourth-order valence-electron chi connectivity index (χ4n) is 4.45. The molecule has 7 nitrogen and oxygen atoms in total. The van der Waals surface area contributed by atoms with Gasteiger partial charge in [-0.25, -0.2) is 0 Å². The number of unbranched alkanes of at least 4 members (excludes halogenated alkanes) is 15. The summed E-state index contributed by atoms with van der Waals surface area (Å²) in [7, 11) is 0. The number of carboxylic acid groups (broad SMARTS) is 1. The van der Waals surface area contributed by atoms with Gasteiger partial charge in [-0.15, -0.1) is 0 Å². The number of carboxylic acids is 1. The molecule has 37 heavy (non-hydrogen) atoms. The maximum Gasteiger partial charge on any atom is 0.320 e. The van der Waals surface area contributed by atoms with Crippen LogP contribution in [0.1, 0.15) is 141 Å². The third-order valence-corrected chi connectivity index (χ3v) is 7.73. The summed E-state index contributed by atoms with van der Waals surface area (Å²) in [5, 5.41) is 11.8. The molecule has 0 aromatic heterocycles. The first-order valence-corrected chi connectivity index (χ1v) is 16.5. The molecular formula is C29H56IN3O4. The molecule has 0 aromatic rings. The molecule has 8 heteroatoms. The molecule has 0 aromatic carbocycles. The number of amides is 1. The zero-order valence-corrected chi connectivity index (χ0v) is 25.5. The Kier molecular flexibility index (Phi) is 26.3. The smallest absolute Gasteiger partial charge is 0.320 e. The molecule has 1 unspecified atom stereocenters. The summed E-state index contributed by atoms with van der Waals surface area (Å²) in [4.78, 5) is 34.7. The Morgan fingerprint density at radius 3 is 1.54 bits per heavy atom. The van der Waals surface area contributed by atoms with E-state index in [0.29, 0.717) is 32.1 Å². The monoisotopic (exact) mass is 637 g/mol. The van der Waals surface area contributed by atoms with Crippen molar-refractivity contribution >= 4 is 40.3 Å². The molecular weight excluding hydrogens is 581 g/mol. The lowest BCUT2D eigenvalue weighted by molar-refractivity contribution is -0.138. The number of halogens is 1. The SMILES string of the molecule is NC(CCC[C@H](N)C(=O)O)C(=O)CCCCCCCCCCCNC(=O)CCCCCCCCCCI. The molecule has 2 atom stereocenters. The molecule has 0 saturated heterocycles. The van der Waals surface area contributed by atoms with Crippen molar-refractivity contribution < 1.29 is 19.5 Å². The zero-order valence-electron chi connectivity index (χ0n) is 23.3. The van der Waals surface area contributed by atoms with Crippen LogP contribution in [0, 0.1) is 0 Å². The molecule has 0 aliphatic rings. The topological polar surface area (TPSA) is 136 Å². The minimum absolute atomic E-state index is 0.0731. The van der Waals surface area contributed by atoms with Gasteiger partial charge in [-0.1, -0.05) is 106 Å². The highest BCUT2D eigenvalue weighted by Gasteiger charge is 2.15. The van der Waals surface area contributed by atoms with E-state index in [-0.39, 0.29) is 11.7 Å². The number of hydrogen-bond donors (Lipinski definition) is 4. The third-order valence-electron chi connectivity index (χ3n) is 6.97. The van der Waals surface area contributed by atoms with Crippen LogP contribution in [0.15, 0.2) is 0 Å². The van der Waals surface area contributed by atoms with Crippen molar-refractivity contribution in [1.29, 1.82) is 0 Å². The number of rotatable bonds is 28. The summed E-state index contributed by atoms with van der Waals surface area (Å²) in [6.45, 7) is 0.804. The second-order valence-corrected chi connectivity index (χ2v) is 11.6. The van der Waals surface area contributed by atoms with Crippen LogP contribution >= 0.6 is 22.6 Å². The van der Waals surface area contributed by atoms with Crippen molar-refractivity contribution in [3.8, 4) is 0 Å². The molecule has 0 radical (unpaired) electrons. The summed E-state index contributed by atoms with van der Waals surface area (Å²) in [5.41, 5.74) is 11.4. The number of ketones is 1. The predicted molar refractivity (Wildman–Crippen MR) is 162 cm³/mol. The number of aliphatic carboxylic acids is 1. The number of hydrogen-bond acceptors (Lipinski definition) is 5. The molecule has 0 rings (SSSR count). The van der Waals surface area contributed by atoms with Crippen LogP contribution in [-0.2, 0) is 14.4 Å². The van der Waals surface area contributed by atoms with Crippen LogP contribution in [0.25, 0.3) is 0 Å². The van der Waals surface area contributed by atoms with Gasteiger partial charge < -0.3 is 21.9 Å². The molecule has 0 spiro atoms. The maximum absolute atomic E-state index is 12.1. The quantitative estimate of drug-likeness (QED) is 0.0444. The lowest BCUT2D eigenvalue weighted by Crippen LogP contribution is -2.33. The predicted octanol–water partition coefficient (Wildman–Crippen LogP) is 6.43. The number of nitrogens with two attached hydrogens (primary N) is 2. The fourth-order valence-corrected chi connectivity index (χ4v) is 4.99. The highest BCUT2D eigenvalue weighted by atomic mass is 127. The minimum atomic E-state index is -1.01. The van der Waals surface area contributed by atoms with Gasteiger partial charge in [0, 0.05) is 19.4 Å². The van der Waals surface area contributed by atoms with Crippen molar-refractivity contribution in [2.24, 2.45) is 11.5 Å². The van der Waals surface area contributed by atoms with Crippen LogP contribution in [0.3, 0.4) is 0 Å². The average molecular weight is 638 g/mol. The largest absolute Gasteiger partial charge is 0.480 e. The van der Waals surface area contributed by atoms with Crippen molar-refractivity contribution in [1.82, 2.24) is 5.32 Å². The van der Waals surface area contributed by atoms with Gasteiger partial charge >= 0.3 is 5.97 Å². The van der Waals surface area contributed by atoms with E-state index in [2.05, 4.69) is 27.9 Å². The number of nitrogens with one attached hydrogen (secondary N) is 1. The molecule has 218 valence electrons. The van der Waals surface area contributed by atoms with Crippen molar-refractivity contribution in [3.63, 3.8) is 0 Å². The van der Waals surface area contributed by atoms with Crippen LogP contribution in [0.2, 0.25) is 0 Å². The number of Topliss-reactive ketones (excluding diaryl/α,β-unsaturated/α-hetero) is 1. The Balaban J connectivity index is 3.37. The van der Waals surface area contributed by atoms with Crippen LogP contribution in [-0.4, -0.2) is 45.8 Å². The van der Waals surface area contributed by atoms with Gasteiger partial charge in [0.15, 0.2) is 0 Å². The van der Waals surface area contributed by atoms with Crippen LogP contribution in [0.4, 0.5) is 0 Å². The Morgan fingerprint density at radius 1 is 0.595 bits per heavy atom. The molecule has 0 aliphatic carbocycles. The summed E-state index contributed by atoms with van der Waals surface area (Å²) in [5.74, 6) is -0.726. The van der Waals surface area contributed by atoms with Crippen molar-refractivity contribution in [2.75, 3.05) is 11.0 Å². The van der Waals surface area contributed by atoms with E-state index in [0.717, 1.165) is 38.6 Å². The fraction of sp³-hybridized carbons (Fsp3) is 0.897. The van der Waals surface area contributed by atoms with Gasteiger partial charge in [-0.2, -0.15) is 0 Å². The first-order valence-electron chi connectivity index (χ1n) is 15.0. The Labute approximate surface area is 240 Å². The number of carbonyl (C=O) groups excluding carboxylic acids is 2. The summed E-state index contributed by atoms with van der Waals surface area (Å²) in [6.07, 6.45) is 22.9. The molecule has 0 saturated carbocycles.